The lowest BCUT2D eigenvalue weighted by molar-refractivity contribution is 0.0697. The molecule has 0 amide bonds. The van der Waals surface area contributed by atoms with Gasteiger partial charge in [0.1, 0.15) is 0 Å². The molecule has 92 valence electrons. The third-order valence-electron chi connectivity index (χ3n) is 2.24. The van der Waals surface area contributed by atoms with Crippen LogP contribution in [-0.2, 0) is 0 Å². The highest BCUT2D eigenvalue weighted by molar-refractivity contribution is 9.10. The van der Waals surface area contributed by atoms with Gasteiger partial charge in [-0.05, 0) is 46.3 Å². The molecule has 2 rings (SSSR count). The van der Waals surface area contributed by atoms with E-state index in [1.54, 1.807) is 12.1 Å². The Morgan fingerprint density at radius 3 is 2.56 bits per heavy atom. The number of halogens is 2. The molecule has 0 saturated carbocycles. The molecule has 0 spiro atoms. The van der Waals surface area contributed by atoms with E-state index >= 15 is 0 Å². The van der Waals surface area contributed by atoms with Crippen molar-refractivity contribution in [2.24, 2.45) is 0 Å². The Morgan fingerprint density at radius 2 is 1.94 bits per heavy atom. The van der Waals surface area contributed by atoms with E-state index in [0.29, 0.717) is 0 Å². The molecule has 5 heteroatoms. The van der Waals surface area contributed by atoms with Crippen molar-refractivity contribution in [3.05, 3.63) is 57.5 Å². The van der Waals surface area contributed by atoms with Gasteiger partial charge in [0.25, 0.3) is 0 Å². The van der Waals surface area contributed by atoms with Crippen LogP contribution < -0.4 is 0 Å². The first-order chi connectivity index (χ1) is 8.58. The molecule has 0 saturated heterocycles. The Labute approximate surface area is 122 Å². The SMILES string of the molecule is O=C(O)c1ccc(Sc2ccccc2Br)cc1Cl. The third kappa shape index (κ3) is 3.07. The topological polar surface area (TPSA) is 37.3 Å². The summed E-state index contributed by atoms with van der Waals surface area (Å²) in [5.74, 6) is -1.02. The van der Waals surface area contributed by atoms with Gasteiger partial charge >= 0.3 is 5.97 Å². The number of hydrogen-bond acceptors (Lipinski definition) is 2. The lowest BCUT2D eigenvalue weighted by Gasteiger charge is -2.05. The van der Waals surface area contributed by atoms with Crippen molar-refractivity contribution >= 4 is 45.3 Å². The van der Waals surface area contributed by atoms with Crippen molar-refractivity contribution < 1.29 is 9.90 Å². The fourth-order valence-electron chi connectivity index (χ4n) is 1.39. The minimum atomic E-state index is -1.02. The summed E-state index contributed by atoms with van der Waals surface area (Å²) in [5, 5.41) is 9.14. The number of hydrogen-bond donors (Lipinski definition) is 1. The molecule has 0 atom stereocenters. The number of carboxylic acid groups (broad SMARTS) is 1. The third-order valence-corrected chi connectivity index (χ3v) is 4.57. The van der Waals surface area contributed by atoms with Gasteiger partial charge in [-0.2, -0.15) is 0 Å². The van der Waals surface area contributed by atoms with E-state index in [1.165, 1.54) is 17.8 Å². The number of benzene rings is 2. The molecule has 0 aliphatic rings. The maximum Gasteiger partial charge on any atom is 0.337 e. The molecule has 0 unspecified atom stereocenters. The molecule has 0 aliphatic heterocycles. The highest BCUT2D eigenvalue weighted by Crippen LogP contribution is 2.34. The predicted molar refractivity (Wildman–Crippen MR) is 76.7 cm³/mol. The lowest BCUT2D eigenvalue weighted by atomic mass is 10.2. The first-order valence-corrected chi connectivity index (χ1v) is 7.02. The second-order valence-electron chi connectivity index (χ2n) is 3.48. The Bertz CT molecular complexity index is 601. The maximum absolute atomic E-state index is 10.8. The van der Waals surface area contributed by atoms with Crippen molar-refractivity contribution in [1.29, 1.82) is 0 Å². The number of rotatable bonds is 3. The summed E-state index contributed by atoms with van der Waals surface area (Å²) in [5.41, 5.74) is 0.119. The molecule has 0 aromatic heterocycles. The highest BCUT2D eigenvalue weighted by atomic mass is 79.9. The minimum Gasteiger partial charge on any atom is -0.478 e. The van der Waals surface area contributed by atoms with Gasteiger partial charge in [-0.3, -0.25) is 0 Å². The smallest absolute Gasteiger partial charge is 0.337 e. The largest absolute Gasteiger partial charge is 0.478 e. The normalized spacial score (nSPS) is 10.3. The van der Waals surface area contributed by atoms with Gasteiger partial charge in [-0.25, -0.2) is 4.79 Å². The fourth-order valence-corrected chi connectivity index (χ4v) is 3.12. The summed E-state index contributed by atoms with van der Waals surface area (Å²) >= 11 is 10.9. The Balaban J connectivity index is 2.29. The van der Waals surface area contributed by atoms with Crippen molar-refractivity contribution in [3.8, 4) is 0 Å². The average molecular weight is 344 g/mol. The monoisotopic (exact) mass is 342 g/mol. The number of carboxylic acids is 1. The Morgan fingerprint density at radius 1 is 1.22 bits per heavy atom. The molecule has 2 aromatic rings. The molecular formula is C13H8BrClO2S. The second kappa shape index (κ2) is 5.78. The zero-order valence-electron chi connectivity index (χ0n) is 9.06. The summed E-state index contributed by atoms with van der Waals surface area (Å²) < 4.78 is 0.994. The maximum atomic E-state index is 10.8. The van der Waals surface area contributed by atoms with Crippen LogP contribution in [0.5, 0.6) is 0 Å². The van der Waals surface area contributed by atoms with Crippen molar-refractivity contribution in [3.63, 3.8) is 0 Å². The van der Waals surface area contributed by atoms with E-state index in [0.717, 1.165) is 14.3 Å². The Hall–Kier alpha value is -0.970. The summed E-state index contributed by atoms with van der Waals surface area (Å²) in [6.07, 6.45) is 0. The number of carbonyl (C=O) groups is 1. The van der Waals surface area contributed by atoms with Crippen LogP contribution in [0.3, 0.4) is 0 Å². The zero-order chi connectivity index (χ0) is 13.1. The molecule has 1 N–H and O–H groups in total. The van der Waals surface area contributed by atoms with Gasteiger partial charge in [0.2, 0.25) is 0 Å². The Kier molecular flexibility index (Phi) is 4.32. The first-order valence-electron chi connectivity index (χ1n) is 5.03. The van der Waals surface area contributed by atoms with Gasteiger partial charge in [-0.15, -0.1) is 0 Å². The lowest BCUT2D eigenvalue weighted by Crippen LogP contribution is -1.96. The zero-order valence-corrected chi connectivity index (χ0v) is 12.2. The van der Waals surface area contributed by atoms with E-state index in [1.807, 2.05) is 24.3 Å². The molecule has 0 aliphatic carbocycles. The molecule has 0 bridgehead atoms. The van der Waals surface area contributed by atoms with Gasteiger partial charge in [-0.1, -0.05) is 35.5 Å². The van der Waals surface area contributed by atoms with Crippen molar-refractivity contribution in [1.82, 2.24) is 0 Å². The predicted octanol–water partition coefficient (Wildman–Crippen LogP) is 4.95. The van der Waals surface area contributed by atoms with Crippen LogP contribution >= 0.6 is 39.3 Å². The van der Waals surface area contributed by atoms with E-state index in [-0.39, 0.29) is 10.6 Å². The summed E-state index contributed by atoms with van der Waals surface area (Å²) in [7, 11) is 0. The van der Waals surface area contributed by atoms with Gasteiger partial charge in [0, 0.05) is 14.3 Å². The van der Waals surface area contributed by atoms with E-state index < -0.39 is 5.97 Å². The summed E-state index contributed by atoms with van der Waals surface area (Å²) in [4.78, 5) is 12.8. The van der Waals surface area contributed by atoms with E-state index in [4.69, 9.17) is 16.7 Å². The fraction of sp³-hybridized carbons (Fsp3) is 0. The molecule has 0 heterocycles. The van der Waals surface area contributed by atoms with Crippen LogP contribution in [0.1, 0.15) is 10.4 Å². The quantitative estimate of drug-likeness (QED) is 0.856. The molecule has 0 fully saturated rings. The van der Waals surface area contributed by atoms with Gasteiger partial charge < -0.3 is 5.11 Å². The van der Waals surface area contributed by atoms with Gasteiger partial charge in [0.05, 0.1) is 10.6 Å². The van der Waals surface area contributed by atoms with Gasteiger partial charge in [0.15, 0.2) is 0 Å². The summed E-state index contributed by atoms with van der Waals surface area (Å²) in [6, 6.07) is 12.7. The van der Waals surface area contributed by atoms with Crippen LogP contribution in [0.4, 0.5) is 0 Å². The van der Waals surface area contributed by atoms with E-state index in [2.05, 4.69) is 15.9 Å². The van der Waals surface area contributed by atoms with Crippen LogP contribution in [0.15, 0.2) is 56.7 Å². The average Bonchev–Trinajstić information content (AvgIpc) is 2.32. The van der Waals surface area contributed by atoms with Crippen LogP contribution in [0.25, 0.3) is 0 Å². The first kappa shape index (κ1) is 13.5. The number of aromatic carboxylic acids is 1. The van der Waals surface area contributed by atoms with Crippen LogP contribution in [-0.4, -0.2) is 11.1 Å². The molecule has 0 radical (unpaired) electrons. The standard InChI is InChI=1S/C13H8BrClO2S/c14-10-3-1-2-4-12(10)18-8-5-6-9(13(16)17)11(15)7-8/h1-7H,(H,16,17). The molecule has 2 aromatic carbocycles. The second-order valence-corrected chi connectivity index (χ2v) is 5.86. The van der Waals surface area contributed by atoms with Crippen molar-refractivity contribution in [2.45, 2.75) is 9.79 Å². The van der Waals surface area contributed by atoms with E-state index in [9.17, 15) is 4.79 Å². The summed E-state index contributed by atoms with van der Waals surface area (Å²) in [6.45, 7) is 0. The molecule has 2 nitrogen and oxygen atoms in total. The minimum absolute atomic E-state index is 0.119. The van der Waals surface area contributed by atoms with Crippen LogP contribution in [0, 0.1) is 0 Å². The molecular weight excluding hydrogens is 336 g/mol. The van der Waals surface area contributed by atoms with Crippen molar-refractivity contribution in [2.75, 3.05) is 0 Å². The van der Waals surface area contributed by atoms with Crippen LogP contribution in [0.2, 0.25) is 5.02 Å². The molecule has 18 heavy (non-hydrogen) atoms. The highest BCUT2D eigenvalue weighted by Gasteiger charge is 2.10.